The van der Waals surface area contributed by atoms with E-state index in [-0.39, 0.29) is 12.1 Å². The molecule has 0 aromatic heterocycles. The van der Waals surface area contributed by atoms with Crippen LogP contribution in [0.25, 0.3) is 6.08 Å². The van der Waals surface area contributed by atoms with Gasteiger partial charge in [0.25, 0.3) is 5.69 Å². The molecule has 0 saturated carbocycles. The summed E-state index contributed by atoms with van der Waals surface area (Å²) in [7, 11) is 0. The monoisotopic (exact) mass is 716 g/mol. The molecule has 0 bridgehead atoms. The maximum atomic E-state index is 13.6. The number of rotatable bonds is 15. The largest absolute Gasteiger partial charge is 0.462 e. The van der Waals surface area contributed by atoms with E-state index in [4.69, 9.17) is 18.9 Å². The van der Waals surface area contributed by atoms with Crippen molar-refractivity contribution in [1.29, 1.82) is 0 Å². The van der Waals surface area contributed by atoms with Gasteiger partial charge < -0.3 is 24.1 Å². The van der Waals surface area contributed by atoms with Gasteiger partial charge in [0.2, 0.25) is 0 Å². The molecule has 0 heterocycles. The number of carbonyl (C=O) groups excluding carboxylic acids is 4. The number of esters is 4. The number of aliphatic hydroxyl groups is 1. The first kappa shape index (κ1) is 44.6. The van der Waals surface area contributed by atoms with Gasteiger partial charge in [0.05, 0.1) is 38.2 Å². The molecule has 51 heavy (non-hydrogen) atoms. The van der Waals surface area contributed by atoms with Crippen LogP contribution in [0, 0.1) is 31.8 Å². The van der Waals surface area contributed by atoms with Crippen molar-refractivity contribution in [3.8, 4) is 0 Å². The van der Waals surface area contributed by atoms with E-state index in [1.54, 1.807) is 95.2 Å². The minimum atomic E-state index is -1.76. The lowest BCUT2D eigenvalue weighted by Crippen LogP contribution is -2.57. The van der Waals surface area contributed by atoms with Crippen molar-refractivity contribution >= 4 is 41.9 Å². The summed E-state index contributed by atoms with van der Waals surface area (Å²) in [4.78, 5) is 68.7. The zero-order valence-electron chi connectivity index (χ0n) is 32.1. The maximum absolute atomic E-state index is 13.6. The summed E-state index contributed by atoms with van der Waals surface area (Å²) in [5, 5.41) is 23.1. The fourth-order valence-electron chi connectivity index (χ4n) is 3.98. The first-order valence-corrected chi connectivity index (χ1v) is 16.7. The first-order valence-electron chi connectivity index (χ1n) is 16.7. The summed E-state index contributed by atoms with van der Waals surface area (Å²) in [6, 6.07) is 5.04. The molecule has 0 aliphatic heterocycles. The third-order valence-corrected chi connectivity index (χ3v) is 7.15. The standard InChI is InChI=1S/C38H56N2O11/c1-14-18-25(39-22-17-20-24-19-15-16-21-26(24)40(46)47)28(49-32(43)36(5,6)7)30(51-34(45)38(11,12)13)29(50-33(44)37(8,9)10)27(41)23-48-31(42)35(2,3)4/h14-17,19-22,25,27-30,41H,1,18,23H2,2-13H3/b20-17+,39-22?/t25-,27-,28+,29+,30-/m1/s1. The summed E-state index contributed by atoms with van der Waals surface area (Å²) >= 11 is 0. The summed E-state index contributed by atoms with van der Waals surface area (Å²) in [6.45, 7) is 22.4. The van der Waals surface area contributed by atoms with E-state index in [0.717, 1.165) is 0 Å². The van der Waals surface area contributed by atoms with Crippen LogP contribution in [0.15, 0.2) is 48.0 Å². The molecule has 0 saturated heterocycles. The van der Waals surface area contributed by atoms with Crippen LogP contribution in [0.1, 0.15) is 95.1 Å². The number of nitro groups is 1. The Morgan fingerprint density at radius 1 is 0.784 bits per heavy atom. The number of nitrogens with zero attached hydrogens (tertiary/aromatic N) is 2. The van der Waals surface area contributed by atoms with Gasteiger partial charge in [-0.05, 0) is 108 Å². The van der Waals surface area contributed by atoms with E-state index < -0.39 is 87.5 Å². The second kappa shape index (κ2) is 18.2. The van der Waals surface area contributed by atoms with E-state index in [0.29, 0.717) is 5.56 Å². The van der Waals surface area contributed by atoms with Crippen molar-refractivity contribution in [3.63, 3.8) is 0 Å². The number of para-hydroxylation sites is 1. The number of hydrogen-bond acceptors (Lipinski definition) is 12. The molecule has 0 radical (unpaired) electrons. The van der Waals surface area contributed by atoms with E-state index in [2.05, 4.69) is 11.6 Å². The number of benzene rings is 1. The number of nitro benzene ring substituents is 1. The van der Waals surface area contributed by atoms with Crippen molar-refractivity contribution in [1.82, 2.24) is 0 Å². The third-order valence-electron chi connectivity index (χ3n) is 7.15. The maximum Gasteiger partial charge on any atom is 0.311 e. The van der Waals surface area contributed by atoms with E-state index in [1.165, 1.54) is 36.6 Å². The van der Waals surface area contributed by atoms with Crippen LogP contribution >= 0.6 is 0 Å². The van der Waals surface area contributed by atoms with Crippen LogP contribution in [0.3, 0.4) is 0 Å². The lowest BCUT2D eigenvalue weighted by atomic mass is 9.91. The second-order valence-electron chi connectivity index (χ2n) is 16.3. The highest BCUT2D eigenvalue weighted by atomic mass is 16.6. The van der Waals surface area contributed by atoms with Gasteiger partial charge in [-0.1, -0.05) is 18.2 Å². The zero-order valence-corrected chi connectivity index (χ0v) is 32.1. The summed E-state index contributed by atoms with van der Waals surface area (Å²) in [5.41, 5.74) is -4.02. The van der Waals surface area contributed by atoms with Crippen LogP contribution in [0.5, 0.6) is 0 Å². The van der Waals surface area contributed by atoms with Crippen molar-refractivity contribution in [3.05, 3.63) is 58.7 Å². The molecular weight excluding hydrogens is 660 g/mol. The molecule has 1 N–H and O–H groups in total. The Kier molecular flexibility index (Phi) is 15.9. The summed E-state index contributed by atoms with van der Waals surface area (Å²) < 4.78 is 23.3. The topological polar surface area (TPSA) is 181 Å². The molecule has 1 rings (SSSR count). The van der Waals surface area contributed by atoms with E-state index in [9.17, 15) is 34.4 Å². The molecule has 13 nitrogen and oxygen atoms in total. The molecule has 0 aliphatic carbocycles. The first-order chi connectivity index (χ1) is 23.2. The highest BCUT2D eigenvalue weighted by molar-refractivity contribution is 5.80. The molecule has 5 atom stereocenters. The number of aliphatic hydroxyl groups excluding tert-OH is 1. The lowest BCUT2D eigenvalue weighted by molar-refractivity contribution is -0.385. The Morgan fingerprint density at radius 3 is 1.69 bits per heavy atom. The Balaban J connectivity index is 3.99. The summed E-state index contributed by atoms with van der Waals surface area (Å²) in [6.07, 6.45) is -0.870. The van der Waals surface area contributed by atoms with Gasteiger partial charge in [0.1, 0.15) is 12.7 Å². The van der Waals surface area contributed by atoms with E-state index >= 15 is 0 Å². The molecule has 0 spiro atoms. The zero-order chi connectivity index (χ0) is 39.5. The molecule has 13 heteroatoms. The Morgan fingerprint density at radius 2 is 1.24 bits per heavy atom. The quantitative estimate of drug-likeness (QED) is 0.0526. The lowest BCUT2D eigenvalue weighted by Gasteiger charge is -2.39. The fraction of sp³-hybridized carbons (Fsp3) is 0.605. The number of aliphatic imine (C=N–C) groups is 1. The number of hydrogen-bond donors (Lipinski definition) is 1. The molecule has 0 unspecified atom stereocenters. The number of carbonyl (C=O) groups is 4. The third kappa shape index (κ3) is 14.4. The normalized spacial score (nSPS) is 15.7. The van der Waals surface area contributed by atoms with Gasteiger partial charge >= 0.3 is 23.9 Å². The van der Waals surface area contributed by atoms with Crippen LogP contribution in [0.2, 0.25) is 0 Å². The molecule has 0 aliphatic rings. The molecule has 284 valence electrons. The smallest absolute Gasteiger partial charge is 0.311 e. The second-order valence-corrected chi connectivity index (χ2v) is 16.3. The highest BCUT2D eigenvalue weighted by Crippen LogP contribution is 2.30. The number of ether oxygens (including phenoxy) is 4. The van der Waals surface area contributed by atoms with Crippen molar-refractivity contribution in [2.45, 2.75) is 120 Å². The van der Waals surface area contributed by atoms with Gasteiger partial charge in [-0.3, -0.25) is 34.3 Å². The van der Waals surface area contributed by atoms with Crippen molar-refractivity contribution in [2.75, 3.05) is 6.61 Å². The van der Waals surface area contributed by atoms with Crippen LogP contribution in [0.4, 0.5) is 5.69 Å². The van der Waals surface area contributed by atoms with Crippen LogP contribution in [-0.4, -0.2) is 77.2 Å². The molecule has 1 aromatic carbocycles. The minimum absolute atomic E-state index is 0.0382. The Bertz CT molecular complexity index is 1450. The molecule has 0 fully saturated rings. The molecule has 1 aromatic rings. The van der Waals surface area contributed by atoms with Gasteiger partial charge in [-0.25, -0.2) is 0 Å². The SMILES string of the molecule is C=CC[C@@H](N=C/C=C/c1ccccc1[N+](=O)[O-])[C@H](OC(=O)C(C)(C)C)[C@@H](OC(=O)C(C)(C)C)[C@@H](OC(=O)C(C)(C)C)[C@H](O)COC(=O)C(C)(C)C. The van der Waals surface area contributed by atoms with Gasteiger partial charge in [-0.15, -0.1) is 6.58 Å². The van der Waals surface area contributed by atoms with Crippen molar-refractivity contribution < 1.29 is 48.2 Å². The van der Waals surface area contributed by atoms with E-state index in [1.807, 2.05) is 0 Å². The number of allylic oxidation sites excluding steroid dienone is 1. The fourth-order valence-corrected chi connectivity index (χ4v) is 3.98. The molecule has 0 amide bonds. The summed E-state index contributed by atoms with van der Waals surface area (Å²) in [5.74, 6) is -2.94. The van der Waals surface area contributed by atoms with Gasteiger partial charge in [0, 0.05) is 12.3 Å². The van der Waals surface area contributed by atoms with Crippen LogP contribution in [-0.2, 0) is 38.1 Å². The van der Waals surface area contributed by atoms with Crippen LogP contribution < -0.4 is 0 Å². The predicted molar refractivity (Wildman–Crippen MR) is 194 cm³/mol. The predicted octanol–water partition coefficient (Wildman–Crippen LogP) is 6.45. The van der Waals surface area contributed by atoms with Gasteiger partial charge in [0.15, 0.2) is 18.3 Å². The average Bonchev–Trinajstić information content (AvgIpc) is 2.99. The van der Waals surface area contributed by atoms with Crippen molar-refractivity contribution in [2.24, 2.45) is 26.7 Å². The highest BCUT2D eigenvalue weighted by Gasteiger charge is 2.48. The minimum Gasteiger partial charge on any atom is -0.462 e. The molecular formula is C38H56N2O11. The van der Waals surface area contributed by atoms with Gasteiger partial charge in [-0.2, -0.15) is 0 Å². The Hall–Kier alpha value is -4.39. The Labute approximate surface area is 301 Å². The average molecular weight is 717 g/mol.